The smallest absolute Gasteiger partial charge is 0.234 e. The predicted molar refractivity (Wildman–Crippen MR) is 117 cm³/mol. The van der Waals surface area contributed by atoms with Crippen LogP contribution in [-0.4, -0.2) is 26.4 Å². The third-order valence-corrected chi connectivity index (χ3v) is 5.13. The number of benzene rings is 3. The minimum atomic E-state index is -0.0869. The first-order valence-corrected chi connectivity index (χ1v) is 10.2. The molecule has 0 radical (unpaired) electrons. The van der Waals surface area contributed by atoms with Gasteiger partial charge in [-0.05, 0) is 31.2 Å². The molecule has 5 nitrogen and oxygen atoms in total. The Morgan fingerprint density at radius 2 is 1.59 bits per heavy atom. The molecule has 1 amide bonds. The fourth-order valence-corrected chi connectivity index (χ4v) is 3.46. The van der Waals surface area contributed by atoms with E-state index >= 15 is 0 Å². The van der Waals surface area contributed by atoms with Crippen molar-refractivity contribution in [3.8, 4) is 17.1 Å². The Morgan fingerprint density at radius 1 is 0.931 bits per heavy atom. The summed E-state index contributed by atoms with van der Waals surface area (Å²) < 4.78 is 1.82. The van der Waals surface area contributed by atoms with E-state index in [0.717, 1.165) is 28.3 Å². The summed E-state index contributed by atoms with van der Waals surface area (Å²) in [4.78, 5) is 17.0. The van der Waals surface area contributed by atoms with Gasteiger partial charge >= 0.3 is 0 Å². The van der Waals surface area contributed by atoms with Gasteiger partial charge in [0.2, 0.25) is 11.1 Å². The Balaban J connectivity index is 1.53. The van der Waals surface area contributed by atoms with Crippen LogP contribution >= 0.6 is 11.8 Å². The van der Waals surface area contributed by atoms with E-state index in [9.17, 15) is 4.79 Å². The molecule has 0 bridgehead atoms. The highest BCUT2D eigenvalue weighted by Crippen LogP contribution is 2.24. The summed E-state index contributed by atoms with van der Waals surface area (Å²) in [5, 5.41) is 8.10. The standard InChI is InChI=1S/C23H20N4OS/c1-17-12-14-19(15-13-17)24-21(28)16-29-23-25-22(18-8-4-2-5-9-18)27(26-23)20-10-6-3-7-11-20/h2-15H,16H2,1H3,(H,24,28). The van der Waals surface area contributed by atoms with E-state index in [1.807, 2.05) is 96.5 Å². The van der Waals surface area contributed by atoms with Crippen molar-refractivity contribution in [3.05, 3.63) is 90.5 Å². The van der Waals surface area contributed by atoms with Gasteiger partial charge in [-0.2, -0.15) is 0 Å². The Labute approximate surface area is 173 Å². The zero-order chi connectivity index (χ0) is 20.1. The number of nitrogens with one attached hydrogen (secondary N) is 1. The van der Waals surface area contributed by atoms with E-state index in [-0.39, 0.29) is 11.7 Å². The van der Waals surface area contributed by atoms with E-state index < -0.39 is 0 Å². The number of thioether (sulfide) groups is 1. The number of aryl methyl sites for hydroxylation is 1. The molecule has 1 N–H and O–H groups in total. The molecule has 0 aliphatic carbocycles. The van der Waals surface area contributed by atoms with E-state index in [0.29, 0.717) is 5.16 Å². The van der Waals surface area contributed by atoms with Crippen LogP contribution in [0.1, 0.15) is 5.56 Å². The van der Waals surface area contributed by atoms with Crippen LogP contribution in [0.5, 0.6) is 0 Å². The van der Waals surface area contributed by atoms with Gasteiger partial charge in [-0.15, -0.1) is 5.10 Å². The van der Waals surface area contributed by atoms with Crippen LogP contribution in [0, 0.1) is 6.92 Å². The van der Waals surface area contributed by atoms with Crippen LogP contribution < -0.4 is 5.32 Å². The Hall–Kier alpha value is -3.38. The van der Waals surface area contributed by atoms with Gasteiger partial charge in [0.25, 0.3) is 0 Å². The molecule has 0 aliphatic rings. The minimum absolute atomic E-state index is 0.0869. The van der Waals surface area contributed by atoms with Gasteiger partial charge in [0.05, 0.1) is 11.4 Å². The molecule has 1 heterocycles. The molecule has 0 fully saturated rings. The SMILES string of the molecule is Cc1ccc(NC(=O)CSc2nc(-c3ccccc3)n(-c3ccccc3)n2)cc1. The highest BCUT2D eigenvalue weighted by atomic mass is 32.2. The molecular weight excluding hydrogens is 380 g/mol. The molecule has 4 aromatic rings. The van der Waals surface area contributed by atoms with Gasteiger partial charge in [-0.25, -0.2) is 9.67 Å². The number of carbonyl (C=O) groups excluding carboxylic acids is 1. The highest BCUT2D eigenvalue weighted by molar-refractivity contribution is 7.99. The number of hydrogen-bond acceptors (Lipinski definition) is 4. The first-order valence-electron chi connectivity index (χ1n) is 9.26. The van der Waals surface area contributed by atoms with Crippen molar-refractivity contribution in [2.45, 2.75) is 12.1 Å². The first kappa shape index (κ1) is 19.0. The quantitative estimate of drug-likeness (QED) is 0.464. The topological polar surface area (TPSA) is 59.8 Å². The summed E-state index contributed by atoms with van der Waals surface area (Å²) in [6, 6.07) is 27.5. The normalized spacial score (nSPS) is 10.7. The van der Waals surface area contributed by atoms with E-state index in [1.54, 1.807) is 0 Å². The number of anilines is 1. The summed E-state index contributed by atoms with van der Waals surface area (Å²) >= 11 is 1.32. The minimum Gasteiger partial charge on any atom is -0.325 e. The summed E-state index contributed by atoms with van der Waals surface area (Å²) in [5.41, 5.74) is 3.84. The predicted octanol–water partition coefficient (Wildman–Crippen LogP) is 4.97. The van der Waals surface area contributed by atoms with Gasteiger partial charge in [-0.1, -0.05) is 78.0 Å². The van der Waals surface area contributed by atoms with Gasteiger partial charge in [-0.3, -0.25) is 4.79 Å². The maximum absolute atomic E-state index is 12.3. The van der Waals surface area contributed by atoms with Crippen molar-refractivity contribution in [2.75, 3.05) is 11.1 Å². The molecular formula is C23H20N4OS. The average molecular weight is 401 g/mol. The van der Waals surface area contributed by atoms with Crippen LogP contribution in [0.25, 0.3) is 17.1 Å². The zero-order valence-electron chi connectivity index (χ0n) is 15.9. The van der Waals surface area contributed by atoms with Crippen molar-refractivity contribution < 1.29 is 4.79 Å². The van der Waals surface area contributed by atoms with Crippen molar-refractivity contribution in [1.82, 2.24) is 14.8 Å². The van der Waals surface area contributed by atoms with Crippen LogP contribution in [0.2, 0.25) is 0 Å². The average Bonchev–Trinajstić information content (AvgIpc) is 3.20. The third kappa shape index (κ3) is 4.73. The Morgan fingerprint density at radius 3 is 2.28 bits per heavy atom. The van der Waals surface area contributed by atoms with Crippen molar-refractivity contribution in [2.24, 2.45) is 0 Å². The molecule has 3 aromatic carbocycles. The van der Waals surface area contributed by atoms with Crippen LogP contribution in [0.4, 0.5) is 5.69 Å². The fourth-order valence-electron chi connectivity index (χ4n) is 2.84. The third-order valence-electron chi connectivity index (χ3n) is 4.29. The lowest BCUT2D eigenvalue weighted by molar-refractivity contribution is -0.113. The van der Waals surface area contributed by atoms with Crippen molar-refractivity contribution >= 4 is 23.4 Å². The van der Waals surface area contributed by atoms with Gasteiger partial charge in [0.1, 0.15) is 0 Å². The number of aromatic nitrogens is 3. The summed E-state index contributed by atoms with van der Waals surface area (Å²) in [6.07, 6.45) is 0. The number of rotatable bonds is 6. The molecule has 0 atom stereocenters. The molecule has 4 rings (SSSR count). The maximum atomic E-state index is 12.3. The second-order valence-corrected chi connectivity index (χ2v) is 7.48. The van der Waals surface area contributed by atoms with E-state index in [4.69, 9.17) is 0 Å². The van der Waals surface area contributed by atoms with E-state index in [2.05, 4.69) is 15.4 Å². The lowest BCUT2D eigenvalue weighted by Crippen LogP contribution is -2.14. The molecule has 29 heavy (non-hydrogen) atoms. The molecule has 144 valence electrons. The largest absolute Gasteiger partial charge is 0.325 e. The lowest BCUT2D eigenvalue weighted by Gasteiger charge is -2.05. The van der Waals surface area contributed by atoms with Crippen LogP contribution in [0.15, 0.2) is 90.1 Å². The molecule has 0 saturated heterocycles. The molecule has 0 unspecified atom stereocenters. The Bertz CT molecular complexity index is 1040. The maximum Gasteiger partial charge on any atom is 0.234 e. The molecule has 1 aromatic heterocycles. The number of para-hydroxylation sites is 1. The summed E-state index contributed by atoms with van der Waals surface area (Å²) in [5.74, 6) is 0.899. The van der Waals surface area contributed by atoms with Crippen molar-refractivity contribution in [3.63, 3.8) is 0 Å². The second kappa shape index (κ2) is 8.75. The van der Waals surface area contributed by atoms with Crippen molar-refractivity contribution in [1.29, 1.82) is 0 Å². The monoisotopic (exact) mass is 400 g/mol. The zero-order valence-corrected chi connectivity index (χ0v) is 16.8. The molecule has 0 spiro atoms. The fraction of sp³-hybridized carbons (Fsp3) is 0.0870. The number of amides is 1. The number of hydrogen-bond donors (Lipinski definition) is 1. The number of nitrogens with zero attached hydrogens (tertiary/aromatic N) is 3. The molecule has 0 saturated carbocycles. The second-order valence-electron chi connectivity index (χ2n) is 6.53. The van der Waals surface area contributed by atoms with Gasteiger partial charge in [0, 0.05) is 11.3 Å². The molecule has 6 heteroatoms. The van der Waals surface area contributed by atoms with Gasteiger partial charge in [0.15, 0.2) is 5.82 Å². The van der Waals surface area contributed by atoms with Gasteiger partial charge < -0.3 is 5.32 Å². The summed E-state index contributed by atoms with van der Waals surface area (Å²) in [7, 11) is 0. The summed E-state index contributed by atoms with van der Waals surface area (Å²) in [6.45, 7) is 2.01. The lowest BCUT2D eigenvalue weighted by atomic mass is 10.2. The Kier molecular flexibility index (Phi) is 5.72. The van der Waals surface area contributed by atoms with E-state index in [1.165, 1.54) is 11.8 Å². The highest BCUT2D eigenvalue weighted by Gasteiger charge is 2.15. The first-order chi connectivity index (χ1) is 14.2. The number of carbonyl (C=O) groups is 1. The molecule has 0 aliphatic heterocycles. The van der Waals surface area contributed by atoms with Crippen LogP contribution in [0.3, 0.4) is 0 Å². The van der Waals surface area contributed by atoms with Crippen LogP contribution in [-0.2, 0) is 4.79 Å².